The Morgan fingerprint density at radius 1 is 1.24 bits per heavy atom. The van der Waals surface area contributed by atoms with E-state index in [2.05, 4.69) is 15.4 Å². The van der Waals surface area contributed by atoms with E-state index in [0.717, 1.165) is 41.1 Å². The molecule has 0 radical (unpaired) electrons. The maximum Gasteiger partial charge on any atom is 0.174 e. The highest BCUT2D eigenvalue weighted by Gasteiger charge is 2.17. The molecule has 0 fully saturated rings. The smallest absolute Gasteiger partial charge is 0.174 e. The lowest BCUT2D eigenvalue weighted by Crippen LogP contribution is -1.98. The molecule has 0 aromatic carbocycles. The molecular weight excluding hydrogens is 216 g/mol. The molecule has 90 valence electrons. The number of anilines is 1. The highest BCUT2D eigenvalue weighted by molar-refractivity contribution is 5.68. The van der Waals surface area contributed by atoms with Crippen LogP contribution in [-0.2, 0) is 12.8 Å². The Balaban J connectivity index is 2.62. The van der Waals surface area contributed by atoms with Gasteiger partial charge in [-0.2, -0.15) is 10.2 Å². The van der Waals surface area contributed by atoms with E-state index in [4.69, 9.17) is 10.3 Å². The number of hydrogen-bond acceptors (Lipinski definition) is 5. The third kappa shape index (κ3) is 2.00. The van der Waals surface area contributed by atoms with Crippen molar-refractivity contribution >= 4 is 5.82 Å². The Morgan fingerprint density at radius 3 is 2.65 bits per heavy atom. The number of rotatable bonds is 3. The minimum atomic E-state index is 0.457. The van der Waals surface area contributed by atoms with Gasteiger partial charge >= 0.3 is 0 Å². The quantitative estimate of drug-likeness (QED) is 0.877. The van der Waals surface area contributed by atoms with Crippen LogP contribution in [0.25, 0.3) is 11.3 Å². The van der Waals surface area contributed by atoms with Crippen molar-refractivity contribution in [2.75, 3.05) is 5.73 Å². The monoisotopic (exact) mass is 232 g/mol. The van der Waals surface area contributed by atoms with Crippen LogP contribution in [0.4, 0.5) is 5.82 Å². The molecular formula is C12H16N4O. The van der Waals surface area contributed by atoms with Gasteiger partial charge in [-0.15, -0.1) is 0 Å². The maximum atomic E-state index is 5.78. The van der Waals surface area contributed by atoms with E-state index in [1.54, 1.807) is 0 Å². The van der Waals surface area contributed by atoms with Gasteiger partial charge in [-0.3, -0.25) is 0 Å². The summed E-state index contributed by atoms with van der Waals surface area (Å²) in [5, 5.41) is 12.1. The van der Waals surface area contributed by atoms with Crippen LogP contribution >= 0.6 is 0 Å². The highest BCUT2D eigenvalue weighted by atomic mass is 16.5. The van der Waals surface area contributed by atoms with Crippen LogP contribution in [-0.4, -0.2) is 15.4 Å². The first-order chi connectivity index (χ1) is 8.17. The molecule has 0 aliphatic heterocycles. The molecule has 2 rings (SSSR count). The van der Waals surface area contributed by atoms with Gasteiger partial charge in [0, 0.05) is 11.1 Å². The first-order valence-electron chi connectivity index (χ1n) is 5.74. The van der Waals surface area contributed by atoms with Crippen LogP contribution in [0.2, 0.25) is 0 Å². The zero-order valence-electron chi connectivity index (χ0n) is 10.3. The fourth-order valence-electron chi connectivity index (χ4n) is 1.85. The summed E-state index contributed by atoms with van der Waals surface area (Å²) in [6.07, 6.45) is 1.58. The summed E-state index contributed by atoms with van der Waals surface area (Å²) in [4.78, 5) is 0. The van der Waals surface area contributed by atoms with Gasteiger partial charge in [-0.25, -0.2) is 0 Å². The number of nitrogens with zero attached hydrogens (tertiary/aromatic N) is 3. The normalized spacial score (nSPS) is 10.8. The fraction of sp³-hybridized carbons (Fsp3) is 0.417. The lowest BCUT2D eigenvalue weighted by atomic mass is 10.0. The summed E-state index contributed by atoms with van der Waals surface area (Å²) >= 11 is 0. The summed E-state index contributed by atoms with van der Waals surface area (Å²) < 4.78 is 5.33. The van der Waals surface area contributed by atoms with Crippen molar-refractivity contribution in [2.45, 2.75) is 33.6 Å². The van der Waals surface area contributed by atoms with Crippen molar-refractivity contribution in [3.63, 3.8) is 0 Å². The lowest BCUT2D eigenvalue weighted by Gasteiger charge is -2.05. The topological polar surface area (TPSA) is 77.8 Å². The predicted molar refractivity (Wildman–Crippen MR) is 65.4 cm³/mol. The van der Waals surface area contributed by atoms with Gasteiger partial charge in [0.1, 0.15) is 0 Å². The van der Waals surface area contributed by atoms with Gasteiger partial charge < -0.3 is 10.3 Å². The molecule has 5 nitrogen and oxygen atoms in total. The molecule has 17 heavy (non-hydrogen) atoms. The third-order valence-electron chi connectivity index (χ3n) is 2.74. The zero-order valence-corrected chi connectivity index (χ0v) is 10.3. The lowest BCUT2D eigenvalue weighted by molar-refractivity contribution is 0.434. The standard InChI is InChI=1S/C12H16N4O/c1-4-8-11(17-16-12(8)13)9-6-7(3)14-15-10(9)5-2/h6H,4-5H2,1-3H3,(H2,13,16). The van der Waals surface area contributed by atoms with Crippen LogP contribution in [0.3, 0.4) is 0 Å². The Labute approximate surface area is 100 Å². The van der Waals surface area contributed by atoms with Gasteiger partial charge in [0.05, 0.1) is 11.4 Å². The molecule has 0 unspecified atom stereocenters. The summed E-state index contributed by atoms with van der Waals surface area (Å²) in [5.74, 6) is 1.18. The van der Waals surface area contributed by atoms with Crippen LogP contribution in [0.15, 0.2) is 10.6 Å². The number of aryl methyl sites for hydroxylation is 2. The maximum absolute atomic E-state index is 5.78. The first kappa shape index (κ1) is 11.6. The van der Waals surface area contributed by atoms with Gasteiger partial charge in [0.25, 0.3) is 0 Å². The minimum absolute atomic E-state index is 0.457. The van der Waals surface area contributed by atoms with E-state index in [-0.39, 0.29) is 0 Å². The molecule has 0 aliphatic carbocycles. The number of nitrogens with two attached hydrogens (primary N) is 1. The highest BCUT2D eigenvalue weighted by Crippen LogP contribution is 2.30. The molecule has 2 heterocycles. The summed E-state index contributed by atoms with van der Waals surface area (Å²) in [6, 6.07) is 1.96. The minimum Gasteiger partial charge on any atom is -0.381 e. The fourth-order valence-corrected chi connectivity index (χ4v) is 1.85. The van der Waals surface area contributed by atoms with E-state index >= 15 is 0 Å². The van der Waals surface area contributed by atoms with E-state index in [1.165, 1.54) is 0 Å². The van der Waals surface area contributed by atoms with Crippen LogP contribution in [0.5, 0.6) is 0 Å². The first-order valence-corrected chi connectivity index (χ1v) is 5.74. The van der Waals surface area contributed by atoms with Crippen molar-refractivity contribution < 1.29 is 4.52 Å². The van der Waals surface area contributed by atoms with Crippen molar-refractivity contribution in [1.82, 2.24) is 15.4 Å². The van der Waals surface area contributed by atoms with E-state index in [9.17, 15) is 0 Å². The summed E-state index contributed by atoms with van der Waals surface area (Å²) in [6.45, 7) is 5.97. The molecule has 2 N–H and O–H groups in total. The van der Waals surface area contributed by atoms with Crippen molar-refractivity contribution in [3.05, 3.63) is 23.0 Å². The Hall–Kier alpha value is -1.91. The second-order valence-electron chi connectivity index (χ2n) is 3.93. The molecule has 0 amide bonds. The molecule has 0 bridgehead atoms. The SMILES string of the molecule is CCc1nnc(C)cc1-c1onc(N)c1CC. The molecule has 5 heteroatoms. The van der Waals surface area contributed by atoms with Crippen LogP contribution < -0.4 is 5.73 Å². The molecule has 0 spiro atoms. The van der Waals surface area contributed by atoms with Crippen LogP contribution in [0.1, 0.15) is 30.8 Å². The zero-order chi connectivity index (χ0) is 12.4. The van der Waals surface area contributed by atoms with Crippen molar-refractivity contribution in [3.8, 4) is 11.3 Å². The third-order valence-corrected chi connectivity index (χ3v) is 2.74. The average molecular weight is 232 g/mol. The van der Waals surface area contributed by atoms with Gasteiger partial charge in [0.15, 0.2) is 11.6 Å². The largest absolute Gasteiger partial charge is 0.381 e. The van der Waals surface area contributed by atoms with Gasteiger partial charge in [0.2, 0.25) is 0 Å². The van der Waals surface area contributed by atoms with Crippen molar-refractivity contribution in [1.29, 1.82) is 0 Å². The van der Waals surface area contributed by atoms with E-state index < -0.39 is 0 Å². The molecule has 2 aromatic rings. The average Bonchev–Trinajstić information content (AvgIpc) is 2.70. The van der Waals surface area contributed by atoms with E-state index in [1.807, 2.05) is 26.8 Å². The molecule has 0 saturated heterocycles. The molecule has 0 aliphatic rings. The number of hydrogen-bond donors (Lipinski definition) is 1. The Bertz CT molecular complexity index is 533. The summed E-state index contributed by atoms with van der Waals surface area (Å²) in [5.41, 5.74) is 9.42. The molecule has 2 aromatic heterocycles. The second kappa shape index (κ2) is 4.53. The predicted octanol–water partition coefficient (Wildman–Crippen LogP) is 2.15. The Morgan fingerprint density at radius 2 is 2.00 bits per heavy atom. The molecule has 0 saturated carbocycles. The Kier molecular flexibility index (Phi) is 3.08. The number of aromatic nitrogens is 3. The van der Waals surface area contributed by atoms with Crippen molar-refractivity contribution in [2.24, 2.45) is 0 Å². The number of nitrogen functional groups attached to an aromatic ring is 1. The van der Waals surface area contributed by atoms with E-state index in [0.29, 0.717) is 5.82 Å². The van der Waals surface area contributed by atoms with Gasteiger partial charge in [-0.05, 0) is 25.8 Å². The molecule has 0 atom stereocenters. The second-order valence-corrected chi connectivity index (χ2v) is 3.93. The summed E-state index contributed by atoms with van der Waals surface area (Å²) in [7, 11) is 0. The van der Waals surface area contributed by atoms with Gasteiger partial charge in [-0.1, -0.05) is 19.0 Å². The van der Waals surface area contributed by atoms with Crippen LogP contribution in [0, 0.1) is 6.92 Å².